The predicted molar refractivity (Wildman–Crippen MR) is 46.8 cm³/mol. The fourth-order valence-corrected chi connectivity index (χ4v) is 1.45. The number of carbonyl (C=O) groups excluding carboxylic acids is 1. The quantitative estimate of drug-likeness (QED) is 0.637. The fourth-order valence-electron chi connectivity index (χ4n) is 1.45. The van der Waals surface area contributed by atoms with Crippen molar-refractivity contribution in [3.05, 3.63) is 0 Å². The van der Waals surface area contributed by atoms with Crippen molar-refractivity contribution < 1.29 is 9.53 Å². The Kier molecular flexibility index (Phi) is 2.73. The molecule has 0 aliphatic carbocycles. The van der Waals surface area contributed by atoms with E-state index >= 15 is 0 Å². The van der Waals surface area contributed by atoms with Gasteiger partial charge in [0, 0.05) is 0 Å². The fraction of sp³-hybridized carbons (Fsp3) is 0.889. The van der Waals surface area contributed by atoms with Crippen LogP contribution in [0.2, 0.25) is 0 Å². The van der Waals surface area contributed by atoms with E-state index in [1.165, 1.54) is 0 Å². The molecule has 0 unspecified atom stereocenters. The molecule has 0 saturated carbocycles. The molecule has 70 valence electrons. The normalized spacial score (nSPS) is 25.2. The van der Waals surface area contributed by atoms with Gasteiger partial charge in [-0.05, 0) is 11.8 Å². The summed E-state index contributed by atoms with van der Waals surface area (Å²) in [5.41, 5.74) is 0.249. The molecule has 1 N–H and O–H groups in total. The summed E-state index contributed by atoms with van der Waals surface area (Å²) in [7, 11) is 0. The zero-order valence-corrected chi connectivity index (χ0v) is 8.02. The molecule has 3 nitrogen and oxygen atoms in total. The first-order valence-electron chi connectivity index (χ1n) is 4.34. The van der Waals surface area contributed by atoms with E-state index in [9.17, 15) is 4.79 Å². The van der Waals surface area contributed by atoms with Crippen LogP contribution in [0.25, 0.3) is 0 Å². The van der Waals surface area contributed by atoms with Gasteiger partial charge in [0.25, 0.3) is 0 Å². The Hall–Kier alpha value is -0.570. The van der Waals surface area contributed by atoms with E-state index in [-0.39, 0.29) is 24.0 Å². The van der Waals surface area contributed by atoms with Crippen molar-refractivity contribution in [2.24, 2.45) is 5.41 Å². The number of rotatable bonds is 1. The topological polar surface area (TPSA) is 38.3 Å². The van der Waals surface area contributed by atoms with Crippen LogP contribution >= 0.6 is 0 Å². The molecule has 1 heterocycles. The number of amides is 1. The first kappa shape index (κ1) is 9.52. The van der Waals surface area contributed by atoms with Crippen molar-refractivity contribution in [2.75, 3.05) is 13.2 Å². The molecule has 1 fully saturated rings. The molecule has 3 heteroatoms. The van der Waals surface area contributed by atoms with Crippen LogP contribution in [-0.4, -0.2) is 25.2 Å². The first-order valence-corrected chi connectivity index (χ1v) is 4.34. The number of morpholine rings is 1. The molecule has 0 spiro atoms. The number of hydrogen-bond acceptors (Lipinski definition) is 2. The highest BCUT2D eigenvalue weighted by molar-refractivity contribution is 5.78. The van der Waals surface area contributed by atoms with Crippen molar-refractivity contribution in [2.45, 2.75) is 33.2 Å². The van der Waals surface area contributed by atoms with Crippen molar-refractivity contribution in [1.82, 2.24) is 5.32 Å². The Morgan fingerprint density at radius 3 is 2.75 bits per heavy atom. The van der Waals surface area contributed by atoms with Crippen LogP contribution in [0.5, 0.6) is 0 Å². The molecular formula is C9H17NO2. The molecule has 1 aliphatic heterocycles. The lowest BCUT2D eigenvalue weighted by molar-refractivity contribution is -0.131. The van der Waals surface area contributed by atoms with Gasteiger partial charge in [-0.15, -0.1) is 0 Å². The summed E-state index contributed by atoms with van der Waals surface area (Å²) in [6.07, 6.45) is 0.971. The third kappa shape index (κ3) is 3.22. The maximum atomic E-state index is 10.9. The van der Waals surface area contributed by atoms with Gasteiger partial charge >= 0.3 is 0 Å². The van der Waals surface area contributed by atoms with Crippen LogP contribution in [-0.2, 0) is 9.53 Å². The van der Waals surface area contributed by atoms with Gasteiger partial charge in [0.1, 0.15) is 6.61 Å². The predicted octanol–water partition coefficient (Wildman–Crippen LogP) is 0.938. The van der Waals surface area contributed by atoms with Gasteiger partial charge in [-0.25, -0.2) is 0 Å². The number of nitrogens with one attached hydrogen (secondary N) is 1. The van der Waals surface area contributed by atoms with Gasteiger partial charge < -0.3 is 10.1 Å². The molecule has 1 saturated heterocycles. The Morgan fingerprint density at radius 1 is 1.58 bits per heavy atom. The third-order valence-electron chi connectivity index (χ3n) is 1.78. The Balaban J connectivity index is 2.37. The highest BCUT2D eigenvalue weighted by atomic mass is 16.5. The second kappa shape index (κ2) is 3.44. The summed E-state index contributed by atoms with van der Waals surface area (Å²) in [6, 6.07) is 0.200. The van der Waals surface area contributed by atoms with Crippen molar-refractivity contribution in [3.8, 4) is 0 Å². The van der Waals surface area contributed by atoms with Gasteiger partial charge in [-0.1, -0.05) is 20.8 Å². The van der Waals surface area contributed by atoms with Crippen LogP contribution < -0.4 is 5.32 Å². The molecule has 0 aromatic heterocycles. The molecule has 1 atom stereocenters. The highest BCUT2D eigenvalue weighted by Gasteiger charge is 2.23. The molecule has 0 radical (unpaired) electrons. The molecule has 1 rings (SSSR count). The number of carbonyl (C=O) groups is 1. The summed E-state index contributed by atoms with van der Waals surface area (Å²) in [6.45, 7) is 7.36. The molecule has 0 aromatic carbocycles. The van der Waals surface area contributed by atoms with Crippen molar-refractivity contribution in [1.29, 1.82) is 0 Å². The van der Waals surface area contributed by atoms with E-state index in [0.717, 1.165) is 6.42 Å². The van der Waals surface area contributed by atoms with E-state index in [1.54, 1.807) is 0 Å². The van der Waals surface area contributed by atoms with E-state index < -0.39 is 0 Å². The van der Waals surface area contributed by atoms with Gasteiger partial charge in [-0.3, -0.25) is 4.79 Å². The molecular weight excluding hydrogens is 154 g/mol. The molecule has 1 amide bonds. The Labute approximate surface area is 73.5 Å². The van der Waals surface area contributed by atoms with Crippen LogP contribution in [0.4, 0.5) is 0 Å². The minimum absolute atomic E-state index is 0.00972. The van der Waals surface area contributed by atoms with Crippen LogP contribution in [0.15, 0.2) is 0 Å². The zero-order valence-electron chi connectivity index (χ0n) is 8.02. The highest BCUT2D eigenvalue weighted by Crippen LogP contribution is 2.21. The standard InChI is InChI=1S/C9H17NO2/c1-9(2,3)4-7-5-12-6-8(11)10-7/h7H,4-6H2,1-3H3,(H,10,11)/t7-/m1/s1. The van der Waals surface area contributed by atoms with Crippen LogP contribution in [0.1, 0.15) is 27.2 Å². The summed E-state index contributed by atoms with van der Waals surface area (Å²) in [5, 5.41) is 2.91. The largest absolute Gasteiger partial charge is 0.370 e. The minimum Gasteiger partial charge on any atom is -0.370 e. The van der Waals surface area contributed by atoms with Gasteiger partial charge in [-0.2, -0.15) is 0 Å². The Morgan fingerprint density at radius 2 is 2.25 bits per heavy atom. The van der Waals surface area contributed by atoms with Gasteiger partial charge in [0.15, 0.2) is 0 Å². The molecule has 0 bridgehead atoms. The lowest BCUT2D eigenvalue weighted by Crippen LogP contribution is -2.47. The smallest absolute Gasteiger partial charge is 0.246 e. The van der Waals surface area contributed by atoms with E-state index in [4.69, 9.17) is 4.74 Å². The SMILES string of the molecule is CC(C)(C)C[C@@H]1COCC(=O)N1. The summed E-state index contributed by atoms with van der Waals surface area (Å²) in [4.78, 5) is 10.9. The summed E-state index contributed by atoms with van der Waals surface area (Å²) >= 11 is 0. The lowest BCUT2D eigenvalue weighted by Gasteiger charge is -2.29. The molecule has 0 aromatic rings. The van der Waals surface area contributed by atoms with Crippen molar-refractivity contribution in [3.63, 3.8) is 0 Å². The van der Waals surface area contributed by atoms with Gasteiger partial charge in [0.05, 0.1) is 12.6 Å². The lowest BCUT2D eigenvalue weighted by atomic mass is 9.88. The Bertz CT molecular complexity index is 172. The molecule has 12 heavy (non-hydrogen) atoms. The van der Waals surface area contributed by atoms with Crippen LogP contribution in [0, 0.1) is 5.41 Å². The molecule has 1 aliphatic rings. The number of ether oxygens (including phenoxy) is 1. The van der Waals surface area contributed by atoms with Crippen LogP contribution in [0.3, 0.4) is 0 Å². The van der Waals surface area contributed by atoms with Gasteiger partial charge in [0.2, 0.25) is 5.91 Å². The summed E-state index contributed by atoms with van der Waals surface area (Å²) < 4.78 is 5.13. The minimum atomic E-state index is 0.00972. The zero-order chi connectivity index (χ0) is 9.19. The van der Waals surface area contributed by atoms with Crippen molar-refractivity contribution >= 4 is 5.91 Å². The number of hydrogen-bond donors (Lipinski definition) is 1. The van der Waals surface area contributed by atoms with E-state index in [0.29, 0.717) is 6.61 Å². The maximum Gasteiger partial charge on any atom is 0.246 e. The average Bonchev–Trinajstić information content (AvgIpc) is 1.82. The first-order chi connectivity index (χ1) is 5.47. The summed E-state index contributed by atoms with van der Waals surface area (Å²) in [5.74, 6) is 0.00972. The monoisotopic (exact) mass is 171 g/mol. The average molecular weight is 171 g/mol. The van der Waals surface area contributed by atoms with E-state index in [1.807, 2.05) is 0 Å². The third-order valence-corrected chi connectivity index (χ3v) is 1.78. The second-order valence-corrected chi connectivity index (χ2v) is 4.54. The maximum absolute atomic E-state index is 10.9. The second-order valence-electron chi connectivity index (χ2n) is 4.54. The van der Waals surface area contributed by atoms with E-state index in [2.05, 4.69) is 26.1 Å².